The Balaban J connectivity index is 1.70. The number of aliphatic imine (C=N–C) groups is 1. The number of nitrogens with zero attached hydrogens (tertiary/aromatic N) is 1. The number of hydrogen-bond donors (Lipinski definition) is 15. The van der Waals surface area contributed by atoms with E-state index >= 15 is 0 Å². The summed E-state index contributed by atoms with van der Waals surface area (Å²) in [5, 5.41) is 44.8. The van der Waals surface area contributed by atoms with Gasteiger partial charge in [-0.25, -0.2) is 14.6 Å². The monoisotopic (exact) mass is 1030 g/mol. The number of alkyl carbamates (subject to hydrolysis) is 1. The highest BCUT2D eigenvalue weighted by molar-refractivity contribution is 6.42. The first kappa shape index (κ1) is 54.4. The van der Waals surface area contributed by atoms with Gasteiger partial charge in [-0.15, -0.1) is 0 Å². The maximum absolute atomic E-state index is 14.3. The Kier molecular flexibility index (Phi) is 21.1. The van der Waals surface area contributed by atoms with Gasteiger partial charge in [0.05, 0.1) is 29.3 Å². The minimum Gasteiger partial charge on any atom is -0.445 e. The summed E-state index contributed by atoms with van der Waals surface area (Å²) in [6.07, 6.45) is -1.26. The second-order valence-corrected chi connectivity index (χ2v) is 16.6. The van der Waals surface area contributed by atoms with Crippen LogP contribution in [0.5, 0.6) is 0 Å². The Labute approximate surface area is 407 Å². The number of nitrogens with two attached hydrogens (primary N) is 3. The van der Waals surface area contributed by atoms with Gasteiger partial charge in [-0.1, -0.05) is 52.5 Å². The molecule has 0 spiro atoms. The predicted octanol–water partition coefficient (Wildman–Crippen LogP) is -2.18. The van der Waals surface area contributed by atoms with Gasteiger partial charge in [-0.3, -0.25) is 34.1 Å². The molecule has 18 N–H and O–H groups in total. The average Bonchev–Trinajstić information content (AvgIpc) is 3.28. The zero-order valence-corrected chi connectivity index (χ0v) is 38.7. The van der Waals surface area contributed by atoms with E-state index in [1.807, 2.05) is 0 Å². The molecule has 68 heavy (non-hydrogen) atoms. The van der Waals surface area contributed by atoms with E-state index in [2.05, 4.69) is 58.2 Å². The SMILES string of the molecule is NCCC[C@H](N)CC(=O)NC1CNC(=O)[C@@H](C2CC(NC(=O)OCc3ccc(Cl)cc3Cl)N=C(N)N2)NC(=O)/C(=C/NC(=O)Nc2ccc(Cl)c(Cl)c2)NC(=O)[C@@H](CO)NC(=O)[C@@H](CO)NC1=O. The number of urea groups is 1. The van der Waals surface area contributed by atoms with Crippen LogP contribution in [0.15, 0.2) is 53.3 Å². The Bertz CT molecular complexity index is 2280. The lowest BCUT2D eigenvalue weighted by atomic mass is 10.00. The number of amides is 9. The second-order valence-electron chi connectivity index (χ2n) is 14.9. The molecule has 0 bridgehead atoms. The fourth-order valence-electron chi connectivity index (χ4n) is 6.27. The number of halogens is 4. The van der Waals surface area contributed by atoms with Crippen molar-refractivity contribution in [3.05, 3.63) is 73.9 Å². The molecule has 0 radical (unpaired) electrons. The molecule has 2 aromatic carbocycles. The number of aliphatic hydroxyl groups is 2. The summed E-state index contributed by atoms with van der Waals surface area (Å²) in [5.41, 5.74) is 17.5. The highest BCUT2D eigenvalue weighted by Crippen LogP contribution is 2.25. The number of nitrogens with one attached hydrogen (secondary N) is 10. The van der Waals surface area contributed by atoms with Gasteiger partial charge in [0.15, 0.2) is 5.96 Å². The average molecular weight is 1030 g/mol. The first-order chi connectivity index (χ1) is 32.3. The van der Waals surface area contributed by atoms with Crippen molar-refractivity contribution < 1.29 is 53.3 Å². The van der Waals surface area contributed by atoms with Gasteiger partial charge >= 0.3 is 12.1 Å². The fraction of sp³-hybridized carbons (Fsp3) is 0.410. The summed E-state index contributed by atoms with van der Waals surface area (Å²) >= 11 is 24.2. The number of benzene rings is 2. The molecule has 3 unspecified atom stereocenters. The van der Waals surface area contributed by atoms with E-state index in [-0.39, 0.29) is 46.2 Å². The molecule has 29 heteroatoms. The number of carbonyl (C=O) groups excluding carboxylic acids is 8. The quantitative estimate of drug-likeness (QED) is 0.0895. The molecule has 9 amide bonds. The van der Waals surface area contributed by atoms with Crippen molar-refractivity contribution >= 4 is 106 Å². The molecule has 2 aliphatic heterocycles. The van der Waals surface area contributed by atoms with E-state index in [0.717, 1.165) is 0 Å². The second kappa shape index (κ2) is 26.4. The number of rotatable bonds is 14. The number of hydrogen-bond acceptors (Lipinski definition) is 16. The lowest BCUT2D eigenvalue weighted by molar-refractivity contribution is -0.135. The smallest absolute Gasteiger partial charge is 0.409 e. The molecule has 4 rings (SSSR count). The van der Waals surface area contributed by atoms with Crippen LogP contribution in [0, 0.1) is 0 Å². The van der Waals surface area contributed by atoms with E-state index < -0.39 is 115 Å². The molecule has 2 aromatic rings. The molecular weight excluding hydrogens is 982 g/mol. The summed E-state index contributed by atoms with van der Waals surface area (Å²) in [6.45, 7) is -2.87. The van der Waals surface area contributed by atoms with Gasteiger partial charge in [0, 0.05) is 52.9 Å². The number of aliphatic hydroxyl groups excluding tert-OH is 2. The van der Waals surface area contributed by atoms with Gasteiger partial charge in [-0.2, -0.15) is 0 Å². The molecule has 7 atom stereocenters. The van der Waals surface area contributed by atoms with Gasteiger partial charge in [0.25, 0.3) is 5.91 Å². The number of anilines is 1. The highest BCUT2D eigenvalue weighted by atomic mass is 35.5. The summed E-state index contributed by atoms with van der Waals surface area (Å²) in [4.78, 5) is 112. The summed E-state index contributed by atoms with van der Waals surface area (Å²) in [5.74, 6) is -7.01. The molecule has 25 nitrogen and oxygen atoms in total. The Morgan fingerprint density at radius 1 is 0.868 bits per heavy atom. The predicted molar refractivity (Wildman–Crippen MR) is 247 cm³/mol. The summed E-state index contributed by atoms with van der Waals surface area (Å²) in [6, 6.07) is -1.44. The van der Waals surface area contributed by atoms with Crippen molar-refractivity contribution in [2.75, 3.05) is 31.6 Å². The zero-order valence-electron chi connectivity index (χ0n) is 35.7. The van der Waals surface area contributed by atoms with Gasteiger partial charge in [0.1, 0.15) is 42.6 Å². The van der Waals surface area contributed by atoms with Crippen LogP contribution in [0.4, 0.5) is 15.3 Å². The van der Waals surface area contributed by atoms with Crippen LogP contribution in [-0.2, 0) is 40.1 Å². The van der Waals surface area contributed by atoms with Crippen molar-refractivity contribution in [3.63, 3.8) is 0 Å². The topological polar surface area (TPSA) is 397 Å². The van der Waals surface area contributed by atoms with Crippen LogP contribution >= 0.6 is 46.4 Å². The van der Waals surface area contributed by atoms with Crippen LogP contribution in [0.2, 0.25) is 20.1 Å². The van der Waals surface area contributed by atoms with Crippen LogP contribution in [0.3, 0.4) is 0 Å². The Hall–Kier alpha value is -6.19. The highest BCUT2D eigenvalue weighted by Gasteiger charge is 2.38. The minimum absolute atomic E-state index is 0.0897. The van der Waals surface area contributed by atoms with E-state index in [9.17, 15) is 48.6 Å². The van der Waals surface area contributed by atoms with Crippen molar-refractivity contribution in [1.29, 1.82) is 0 Å². The zero-order chi connectivity index (χ0) is 50.1. The summed E-state index contributed by atoms with van der Waals surface area (Å²) in [7, 11) is 0. The first-order valence-electron chi connectivity index (χ1n) is 20.5. The van der Waals surface area contributed by atoms with Crippen LogP contribution in [0.1, 0.15) is 31.2 Å². The lowest BCUT2D eigenvalue weighted by Crippen LogP contribution is -2.65. The normalized spacial score (nSPS) is 22.7. The van der Waals surface area contributed by atoms with Crippen molar-refractivity contribution in [1.82, 2.24) is 47.9 Å². The van der Waals surface area contributed by atoms with Crippen LogP contribution in [0.25, 0.3) is 0 Å². The number of carbonyl (C=O) groups is 8. The third-order valence-corrected chi connectivity index (χ3v) is 11.1. The molecule has 1 saturated heterocycles. The maximum Gasteiger partial charge on any atom is 0.409 e. The molecular formula is C39H50Cl4N14O11. The third-order valence-electron chi connectivity index (χ3n) is 9.75. The van der Waals surface area contributed by atoms with Crippen molar-refractivity contribution in [2.45, 2.75) is 74.7 Å². The van der Waals surface area contributed by atoms with E-state index in [4.69, 9.17) is 68.3 Å². The lowest BCUT2D eigenvalue weighted by Gasteiger charge is -2.34. The largest absolute Gasteiger partial charge is 0.445 e. The minimum atomic E-state index is -1.87. The fourth-order valence-corrected chi connectivity index (χ4v) is 7.03. The number of guanidine groups is 1. The van der Waals surface area contributed by atoms with E-state index in [1.54, 1.807) is 0 Å². The Morgan fingerprint density at radius 3 is 2.25 bits per heavy atom. The van der Waals surface area contributed by atoms with Gasteiger partial charge < -0.3 is 80.0 Å². The standard InChI is InChI=1S/C39H50Cl4N14O11/c40-18-4-3-17(22(42)8-18)16-68-39(67)56-29-11-24(54-37(46)55-29)31-36(65)47-12-25(50-30(60)9-19(45)2-1-7-44)32(61)52-28(15-59)35(64)53-27(14-58)34(63)51-26(33(62)57-31)13-48-38(66)49-20-5-6-21(41)23(43)10-20/h3-6,8,10,13,19,24-25,27-29,31,58-59H,1-2,7,9,11-12,14-16,44-45H2,(H,47,65)(H,50,60)(H,51,63)(H,52,61)(H,53,64)(H,56,67)(H,57,62)(H3,46,54,55)(H2,48,49,66)/b26-13-/t19-,24?,25?,27+,28+,29?,31+/m0/s1. The van der Waals surface area contributed by atoms with Crippen LogP contribution in [-0.4, -0.2) is 132 Å². The molecule has 0 aromatic heterocycles. The van der Waals surface area contributed by atoms with Gasteiger partial charge in [0.2, 0.25) is 29.5 Å². The maximum atomic E-state index is 14.3. The van der Waals surface area contributed by atoms with Crippen molar-refractivity contribution in [3.8, 4) is 0 Å². The number of ether oxygens (including phenoxy) is 1. The molecule has 1 fully saturated rings. The van der Waals surface area contributed by atoms with Gasteiger partial charge in [-0.05, 0) is 49.7 Å². The van der Waals surface area contributed by atoms with Crippen LogP contribution < -0.4 is 70.4 Å². The van der Waals surface area contributed by atoms with E-state index in [0.29, 0.717) is 36.2 Å². The molecule has 2 aliphatic rings. The van der Waals surface area contributed by atoms with Crippen molar-refractivity contribution in [2.24, 2.45) is 22.2 Å². The molecule has 0 aliphatic carbocycles. The third kappa shape index (κ3) is 16.8. The summed E-state index contributed by atoms with van der Waals surface area (Å²) < 4.78 is 5.29. The molecule has 0 saturated carbocycles. The first-order valence-corrected chi connectivity index (χ1v) is 22.0. The molecule has 370 valence electrons. The van der Waals surface area contributed by atoms with E-state index in [1.165, 1.54) is 36.4 Å². The Morgan fingerprint density at radius 2 is 1.57 bits per heavy atom. The molecule has 2 heterocycles.